The number of rotatable bonds is 5. The molecule has 5 heteroatoms. The predicted molar refractivity (Wildman–Crippen MR) is 110 cm³/mol. The molecule has 1 aromatic rings. The van der Waals surface area contributed by atoms with Gasteiger partial charge in [-0.1, -0.05) is 26.7 Å². The van der Waals surface area contributed by atoms with Gasteiger partial charge in [0.15, 0.2) is 0 Å². The summed E-state index contributed by atoms with van der Waals surface area (Å²) in [7, 11) is 0. The fourth-order valence-corrected chi connectivity index (χ4v) is 4.86. The van der Waals surface area contributed by atoms with Crippen LogP contribution >= 0.6 is 0 Å². The van der Waals surface area contributed by atoms with Gasteiger partial charge in [0.25, 0.3) is 0 Å². The van der Waals surface area contributed by atoms with Gasteiger partial charge in [0.1, 0.15) is 0 Å². The molecule has 0 aromatic carbocycles. The van der Waals surface area contributed by atoms with E-state index in [0.29, 0.717) is 0 Å². The Morgan fingerprint density at radius 3 is 2.63 bits per heavy atom. The molecule has 2 amide bonds. The minimum absolute atomic E-state index is 0.0964. The summed E-state index contributed by atoms with van der Waals surface area (Å²) in [6, 6.07) is 4.38. The van der Waals surface area contributed by atoms with Gasteiger partial charge in [-0.25, -0.2) is 4.79 Å². The van der Waals surface area contributed by atoms with E-state index >= 15 is 0 Å². The van der Waals surface area contributed by atoms with Gasteiger partial charge in [-0.3, -0.25) is 4.98 Å². The Bertz CT molecular complexity index is 569. The summed E-state index contributed by atoms with van der Waals surface area (Å²) in [5.74, 6) is 1.59. The SMILES string of the molecule is CC1CC(C)CN(CCCNC(=O)N2CCCCCC2c2ccncc2)C1. The molecule has 5 nitrogen and oxygen atoms in total. The number of amides is 2. The first-order valence-electron chi connectivity index (χ1n) is 10.8. The summed E-state index contributed by atoms with van der Waals surface area (Å²) >= 11 is 0. The predicted octanol–water partition coefficient (Wildman–Crippen LogP) is 4.08. The third-order valence-electron chi connectivity index (χ3n) is 5.98. The molecular weight excluding hydrogens is 336 g/mol. The average molecular weight is 373 g/mol. The number of hydrogen-bond acceptors (Lipinski definition) is 3. The number of nitrogens with one attached hydrogen (secondary N) is 1. The van der Waals surface area contributed by atoms with Crippen LogP contribution in [0.2, 0.25) is 0 Å². The van der Waals surface area contributed by atoms with Crippen LogP contribution in [0.15, 0.2) is 24.5 Å². The zero-order valence-corrected chi connectivity index (χ0v) is 17.1. The molecule has 2 saturated heterocycles. The van der Waals surface area contributed by atoms with Crippen LogP contribution in [-0.2, 0) is 0 Å². The van der Waals surface area contributed by atoms with E-state index < -0.39 is 0 Å². The lowest BCUT2D eigenvalue weighted by Crippen LogP contribution is -2.44. The summed E-state index contributed by atoms with van der Waals surface area (Å²) in [5.41, 5.74) is 1.21. The minimum atomic E-state index is 0.0964. The maximum Gasteiger partial charge on any atom is 0.317 e. The van der Waals surface area contributed by atoms with E-state index in [0.717, 1.165) is 50.7 Å². The van der Waals surface area contributed by atoms with Crippen molar-refractivity contribution >= 4 is 6.03 Å². The highest BCUT2D eigenvalue weighted by atomic mass is 16.2. The van der Waals surface area contributed by atoms with Crippen molar-refractivity contribution in [1.82, 2.24) is 20.1 Å². The van der Waals surface area contributed by atoms with Gasteiger partial charge in [-0.05, 0) is 61.8 Å². The zero-order valence-electron chi connectivity index (χ0n) is 17.1. The minimum Gasteiger partial charge on any atom is -0.338 e. The number of nitrogens with zero attached hydrogens (tertiary/aromatic N) is 3. The zero-order chi connectivity index (χ0) is 19.1. The molecule has 0 bridgehead atoms. The van der Waals surface area contributed by atoms with Crippen molar-refractivity contribution in [3.63, 3.8) is 0 Å². The first-order valence-corrected chi connectivity index (χ1v) is 10.8. The van der Waals surface area contributed by atoms with E-state index in [1.54, 1.807) is 0 Å². The molecule has 2 fully saturated rings. The summed E-state index contributed by atoms with van der Waals surface area (Å²) in [5, 5.41) is 3.19. The summed E-state index contributed by atoms with van der Waals surface area (Å²) in [6.07, 6.45) is 10.6. The van der Waals surface area contributed by atoms with Crippen molar-refractivity contribution in [2.75, 3.05) is 32.7 Å². The molecule has 0 aliphatic carbocycles. The number of hydrogen-bond donors (Lipinski definition) is 1. The van der Waals surface area contributed by atoms with Crippen LogP contribution in [0.25, 0.3) is 0 Å². The Hall–Kier alpha value is -1.62. The molecule has 0 radical (unpaired) electrons. The normalized spacial score (nSPS) is 27.2. The van der Waals surface area contributed by atoms with E-state index in [1.165, 1.54) is 37.9 Å². The standard InChI is InChI=1S/C22H36N4O/c1-18-15-19(2)17-25(16-18)13-6-10-24-22(27)26-14-5-3-4-7-21(26)20-8-11-23-12-9-20/h8-9,11-12,18-19,21H,3-7,10,13-17H2,1-2H3,(H,24,27). The quantitative estimate of drug-likeness (QED) is 0.793. The lowest BCUT2D eigenvalue weighted by molar-refractivity contribution is 0.138. The van der Waals surface area contributed by atoms with Crippen molar-refractivity contribution in [3.05, 3.63) is 30.1 Å². The molecule has 0 spiro atoms. The fraction of sp³-hybridized carbons (Fsp3) is 0.727. The highest BCUT2D eigenvalue weighted by Crippen LogP contribution is 2.29. The molecule has 150 valence electrons. The third-order valence-corrected chi connectivity index (χ3v) is 5.98. The highest BCUT2D eigenvalue weighted by molar-refractivity contribution is 5.74. The van der Waals surface area contributed by atoms with E-state index in [-0.39, 0.29) is 12.1 Å². The van der Waals surface area contributed by atoms with Crippen molar-refractivity contribution < 1.29 is 4.79 Å². The molecule has 3 atom stereocenters. The molecule has 0 saturated carbocycles. The highest BCUT2D eigenvalue weighted by Gasteiger charge is 2.26. The molecule has 3 rings (SSSR count). The Balaban J connectivity index is 1.48. The van der Waals surface area contributed by atoms with Crippen LogP contribution < -0.4 is 5.32 Å². The Morgan fingerprint density at radius 1 is 1.15 bits per heavy atom. The number of carbonyl (C=O) groups is 1. The number of piperidine rings is 1. The Morgan fingerprint density at radius 2 is 1.89 bits per heavy atom. The van der Waals surface area contributed by atoms with Gasteiger partial charge in [-0.15, -0.1) is 0 Å². The van der Waals surface area contributed by atoms with Gasteiger partial charge < -0.3 is 15.1 Å². The van der Waals surface area contributed by atoms with Crippen LogP contribution in [0.3, 0.4) is 0 Å². The van der Waals surface area contributed by atoms with Gasteiger partial charge in [0, 0.05) is 38.6 Å². The van der Waals surface area contributed by atoms with Crippen molar-refractivity contribution in [2.45, 2.75) is 58.4 Å². The lowest BCUT2D eigenvalue weighted by Gasteiger charge is -2.35. The van der Waals surface area contributed by atoms with Gasteiger partial charge in [-0.2, -0.15) is 0 Å². The fourth-order valence-electron chi connectivity index (χ4n) is 4.86. The van der Waals surface area contributed by atoms with Crippen LogP contribution in [-0.4, -0.2) is 53.5 Å². The summed E-state index contributed by atoms with van der Waals surface area (Å²) in [6.45, 7) is 9.80. The molecule has 1 aromatic heterocycles. The Kier molecular flexibility index (Phi) is 7.50. The molecule has 3 heterocycles. The first-order chi connectivity index (χ1) is 13.1. The van der Waals surface area contributed by atoms with Gasteiger partial charge in [0.2, 0.25) is 0 Å². The molecule has 1 N–H and O–H groups in total. The van der Waals surface area contributed by atoms with Crippen LogP contribution in [0.4, 0.5) is 4.79 Å². The third kappa shape index (κ3) is 5.93. The van der Waals surface area contributed by atoms with Gasteiger partial charge >= 0.3 is 6.03 Å². The van der Waals surface area contributed by atoms with E-state index in [2.05, 4.69) is 41.2 Å². The number of likely N-dealkylation sites (tertiary alicyclic amines) is 2. The maximum atomic E-state index is 12.9. The molecule has 3 unspecified atom stereocenters. The average Bonchev–Trinajstić information content (AvgIpc) is 2.91. The molecule has 2 aliphatic rings. The van der Waals surface area contributed by atoms with Crippen molar-refractivity contribution in [2.24, 2.45) is 11.8 Å². The monoisotopic (exact) mass is 372 g/mol. The Labute approximate surface area is 164 Å². The molecule has 27 heavy (non-hydrogen) atoms. The van der Waals surface area contributed by atoms with E-state index in [1.807, 2.05) is 17.3 Å². The second-order valence-corrected chi connectivity index (χ2v) is 8.63. The number of urea groups is 1. The second-order valence-electron chi connectivity index (χ2n) is 8.63. The van der Waals surface area contributed by atoms with Crippen molar-refractivity contribution in [1.29, 1.82) is 0 Å². The first kappa shape index (κ1) is 20.1. The second kappa shape index (κ2) is 10.1. The molecule has 2 aliphatic heterocycles. The van der Waals surface area contributed by atoms with E-state index in [9.17, 15) is 4.79 Å². The largest absolute Gasteiger partial charge is 0.338 e. The van der Waals surface area contributed by atoms with Crippen LogP contribution in [0.5, 0.6) is 0 Å². The van der Waals surface area contributed by atoms with Crippen LogP contribution in [0.1, 0.15) is 64.0 Å². The number of aromatic nitrogens is 1. The summed E-state index contributed by atoms with van der Waals surface area (Å²) in [4.78, 5) is 21.6. The van der Waals surface area contributed by atoms with Crippen molar-refractivity contribution in [3.8, 4) is 0 Å². The topological polar surface area (TPSA) is 48.5 Å². The maximum absolute atomic E-state index is 12.9. The molecular formula is C22H36N4O. The lowest BCUT2D eigenvalue weighted by atomic mass is 9.92. The summed E-state index contributed by atoms with van der Waals surface area (Å²) < 4.78 is 0. The van der Waals surface area contributed by atoms with Gasteiger partial charge in [0.05, 0.1) is 6.04 Å². The smallest absolute Gasteiger partial charge is 0.317 e. The van der Waals surface area contributed by atoms with Crippen LogP contribution in [0, 0.1) is 11.8 Å². The van der Waals surface area contributed by atoms with E-state index in [4.69, 9.17) is 0 Å². The number of carbonyl (C=O) groups excluding carboxylic acids is 1. The number of pyridine rings is 1.